The van der Waals surface area contributed by atoms with Gasteiger partial charge in [0.1, 0.15) is 10.8 Å². The number of carbonyl (C=O) groups is 1. The highest BCUT2D eigenvalue weighted by molar-refractivity contribution is 7.84. The number of amides is 1. The number of halogens is 1. The first-order chi connectivity index (χ1) is 11.2. The van der Waals surface area contributed by atoms with Gasteiger partial charge in [-0.3, -0.25) is 4.21 Å². The number of ether oxygens (including phenoxy) is 1. The van der Waals surface area contributed by atoms with Crippen molar-refractivity contribution in [1.82, 2.24) is 9.88 Å². The second kappa shape index (κ2) is 8.30. The Bertz CT molecular complexity index is 578. The maximum Gasteiger partial charge on any atom is 0.410 e. The number of carbonyl (C=O) groups excluding carboxylic acids is 1. The van der Waals surface area contributed by atoms with Crippen molar-refractivity contribution < 1.29 is 13.7 Å². The fourth-order valence-corrected chi connectivity index (χ4v) is 4.24. The molecular formula is C17H25ClN2O3S. The Kier molecular flexibility index (Phi) is 6.63. The minimum absolute atomic E-state index is 0.255. The molecule has 1 aliphatic heterocycles. The Hall–Kier alpha value is -1.14. The average Bonchev–Trinajstić information content (AvgIpc) is 2.48. The third kappa shape index (κ3) is 6.40. The van der Waals surface area contributed by atoms with Gasteiger partial charge in [-0.1, -0.05) is 17.7 Å². The molecule has 0 unspecified atom stereocenters. The number of nitrogens with zero attached hydrogens (tertiary/aromatic N) is 2. The summed E-state index contributed by atoms with van der Waals surface area (Å²) >= 11 is 5.75. The van der Waals surface area contributed by atoms with Crippen molar-refractivity contribution in [2.75, 3.05) is 18.8 Å². The molecule has 5 nitrogen and oxygen atoms in total. The standard InChI is InChI=1S/C17H25ClN2O3S/c1-17(2,3)23-16(21)20-8-6-13(7-9-20)11-24(22)12-14-4-5-15(18)19-10-14/h4-5,10,13H,6-9,11-12H2,1-3H3/t24-/m0/s1. The van der Waals surface area contributed by atoms with Crippen LogP contribution in [0.1, 0.15) is 39.2 Å². The van der Waals surface area contributed by atoms with Crippen LogP contribution in [0.15, 0.2) is 18.3 Å². The highest BCUT2D eigenvalue weighted by Crippen LogP contribution is 2.21. The first kappa shape index (κ1) is 19.2. The predicted molar refractivity (Wildman–Crippen MR) is 96.5 cm³/mol. The Morgan fingerprint density at radius 1 is 1.38 bits per heavy atom. The molecule has 1 aromatic heterocycles. The topological polar surface area (TPSA) is 59.5 Å². The van der Waals surface area contributed by atoms with Crippen LogP contribution in [0.2, 0.25) is 5.15 Å². The van der Waals surface area contributed by atoms with Crippen molar-refractivity contribution in [3.63, 3.8) is 0 Å². The van der Waals surface area contributed by atoms with Gasteiger partial charge in [0.05, 0.1) is 5.75 Å². The van der Waals surface area contributed by atoms with Crippen LogP contribution in [0.25, 0.3) is 0 Å². The van der Waals surface area contributed by atoms with E-state index in [0.717, 1.165) is 18.4 Å². The number of hydrogen-bond acceptors (Lipinski definition) is 4. The smallest absolute Gasteiger partial charge is 0.410 e. The molecule has 0 aromatic carbocycles. The maximum absolute atomic E-state index is 12.3. The molecule has 0 N–H and O–H groups in total. The van der Waals surface area contributed by atoms with Gasteiger partial charge in [-0.25, -0.2) is 9.78 Å². The first-order valence-corrected chi connectivity index (χ1v) is 10.0. The number of hydrogen-bond donors (Lipinski definition) is 0. The first-order valence-electron chi connectivity index (χ1n) is 8.16. The van der Waals surface area contributed by atoms with Crippen molar-refractivity contribution in [2.24, 2.45) is 5.92 Å². The van der Waals surface area contributed by atoms with E-state index < -0.39 is 16.4 Å². The predicted octanol–water partition coefficient (Wildman–Crippen LogP) is 3.63. The van der Waals surface area contributed by atoms with Crippen molar-refractivity contribution in [1.29, 1.82) is 0 Å². The lowest BCUT2D eigenvalue weighted by molar-refractivity contribution is 0.0191. The van der Waals surface area contributed by atoms with Crippen LogP contribution < -0.4 is 0 Å². The van der Waals surface area contributed by atoms with Gasteiger partial charge < -0.3 is 9.64 Å². The van der Waals surface area contributed by atoms with E-state index in [1.807, 2.05) is 26.8 Å². The van der Waals surface area contributed by atoms with Crippen LogP contribution in [-0.4, -0.2) is 44.6 Å². The molecule has 0 aliphatic carbocycles. The highest BCUT2D eigenvalue weighted by Gasteiger charge is 2.27. The van der Waals surface area contributed by atoms with E-state index in [-0.39, 0.29) is 6.09 Å². The molecule has 134 valence electrons. The lowest BCUT2D eigenvalue weighted by atomic mass is 9.99. The summed E-state index contributed by atoms with van der Waals surface area (Å²) in [5, 5.41) is 0.444. The summed E-state index contributed by atoms with van der Waals surface area (Å²) in [5.41, 5.74) is 0.464. The number of pyridine rings is 1. The van der Waals surface area contributed by atoms with Crippen LogP contribution in [0, 0.1) is 5.92 Å². The van der Waals surface area contributed by atoms with Crippen LogP contribution in [0.5, 0.6) is 0 Å². The molecule has 0 bridgehead atoms. The molecule has 1 aromatic rings. The van der Waals surface area contributed by atoms with E-state index in [9.17, 15) is 9.00 Å². The molecular weight excluding hydrogens is 348 g/mol. The normalized spacial score (nSPS) is 17.6. The van der Waals surface area contributed by atoms with E-state index in [2.05, 4.69) is 4.98 Å². The summed E-state index contributed by atoms with van der Waals surface area (Å²) in [7, 11) is -0.931. The van der Waals surface area contributed by atoms with Gasteiger partial charge in [0.15, 0.2) is 0 Å². The Morgan fingerprint density at radius 3 is 2.58 bits per heavy atom. The molecule has 1 amide bonds. The summed E-state index contributed by atoms with van der Waals surface area (Å²) in [4.78, 5) is 17.8. The Morgan fingerprint density at radius 2 is 2.04 bits per heavy atom. The quantitative estimate of drug-likeness (QED) is 0.757. The summed E-state index contributed by atoms with van der Waals surface area (Å²) in [6.07, 6.45) is 3.15. The number of rotatable bonds is 4. The molecule has 7 heteroatoms. The van der Waals surface area contributed by atoms with E-state index in [1.54, 1.807) is 17.2 Å². The van der Waals surface area contributed by atoms with Gasteiger partial charge in [0.2, 0.25) is 0 Å². The van der Waals surface area contributed by atoms with Crippen molar-refractivity contribution in [3.8, 4) is 0 Å². The third-order valence-electron chi connectivity index (χ3n) is 3.80. The SMILES string of the molecule is CC(C)(C)OC(=O)N1CCC(C[S@](=O)Cc2ccc(Cl)nc2)CC1. The highest BCUT2D eigenvalue weighted by atomic mass is 35.5. The van der Waals surface area contributed by atoms with E-state index in [1.165, 1.54) is 0 Å². The molecule has 1 saturated heterocycles. The molecule has 0 spiro atoms. The van der Waals surface area contributed by atoms with Crippen molar-refractivity contribution >= 4 is 28.5 Å². The minimum Gasteiger partial charge on any atom is -0.444 e. The van der Waals surface area contributed by atoms with Gasteiger partial charge >= 0.3 is 6.09 Å². The molecule has 0 saturated carbocycles. The van der Waals surface area contributed by atoms with Gasteiger partial charge in [0, 0.05) is 35.8 Å². The third-order valence-corrected chi connectivity index (χ3v) is 5.53. The second-order valence-electron chi connectivity index (χ2n) is 7.15. The molecule has 2 heterocycles. The summed E-state index contributed by atoms with van der Waals surface area (Å²) in [5.74, 6) is 1.53. The molecule has 1 atom stereocenters. The fraction of sp³-hybridized carbons (Fsp3) is 0.647. The average molecular weight is 373 g/mol. The minimum atomic E-state index is -0.931. The number of aromatic nitrogens is 1. The van der Waals surface area contributed by atoms with Crippen LogP contribution >= 0.6 is 11.6 Å². The summed E-state index contributed by atoms with van der Waals surface area (Å²) in [6, 6.07) is 3.58. The zero-order valence-electron chi connectivity index (χ0n) is 14.5. The van der Waals surface area contributed by atoms with Gasteiger partial charge in [-0.15, -0.1) is 0 Å². The van der Waals surface area contributed by atoms with Crippen molar-refractivity contribution in [2.45, 2.75) is 45.0 Å². The van der Waals surface area contributed by atoms with Crippen molar-refractivity contribution in [3.05, 3.63) is 29.0 Å². The summed E-state index contributed by atoms with van der Waals surface area (Å²) in [6.45, 7) is 6.93. The van der Waals surface area contributed by atoms with E-state index in [4.69, 9.17) is 16.3 Å². The van der Waals surface area contributed by atoms with E-state index in [0.29, 0.717) is 35.7 Å². The molecule has 1 aliphatic rings. The Balaban J connectivity index is 1.75. The van der Waals surface area contributed by atoms with Gasteiger partial charge in [0.25, 0.3) is 0 Å². The fourth-order valence-electron chi connectivity index (χ4n) is 2.61. The lowest BCUT2D eigenvalue weighted by Crippen LogP contribution is -2.42. The number of likely N-dealkylation sites (tertiary alicyclic amines) is 1. The largest absolute Gasteiger partial charge is 0.444 e. The lowest BCUT2D eigenvalue weighted by Gasteiger charge is -2.33. The Labute approximate surface area is 151 Å². The summed E-state index contributed by atoms with van der Waals surface area (Å²) < 4.78 is 17.7. The monoisotopic (exact) mass is 372 g/mol. The zero-order valence-corrected chi connectivity index (χ0v) is 16.0. The van der Waals surface area contributed by atoms with Gasteiger partial charge in [-0.2, -0.15) is 0 Å². The molecule has 1 fully saturated rings. The zero-order chi connectivity index (χ0) is 17.7. The van der Waals surface area contributed by atoms with Crippen LogP contribution in [0.3, 0.4) is 0 Å². The molecule has 0 radical (unpaired) electrons. The van der Waals surface area contributed by atoms with Gasteiger partial charge in [-0.05, 0) is 51.2 Å². The van der Waals surface area contributed by atoms with Crippen LogP contribution in [-0.2, 0) is 21.3 Å². The maximum atomic E-state index is 12.3. The second-order valence-corrected chi connectivity index (χ2v) is 9.04. The van der Waals surface area contributed by atoms with Crippen LogP contribution in [0.4, 0.5) is 4.79 Å². The molecule has 2 rings (SSSR count). The molecule has 24 heavy (non-hydrogen) atoms. The number of piperidine rings is 1. The van der Waals surface area contributed by atoms with E-state index >= 15 is 0 Å².